The molecule has 0 N–H and O–H groups in total. The molecule has 0 unspecified atom stereocenters. The maximum Gasteiger partial charge on any atom is 0.203 e. The topological polar surface area (TPSA) is 30.2 Å². The van der Waals surface area contributed by atoms with Gasteiger partial charge in [0.05, 0.1) is 0 Å². The SMILES string of the molecule is CC(C)(C)C(=O)c1ccc(-c2ccc(Cl)cc2)o1. The molecular formula is C15H15ClO2. The lowest BCUT2D eigenvalue weighted by molar-refractivity contribution is 0.0829. The molecule has 3 heteroatoms. The summed E-state index contributed by atoms with van der Waals surface area (Å²) in [6.45, 7) is 5.62. The molecule has 2 nitrogen and oxygen atoms in total. The van der Waals surface area contributed by atoms with Crippen molar-refractivity contribution in [3.63, 3.8) is 0 Å². The summed E-state index contributed by atoms with van der Waals surface area (Å²) in [5.41, 5.74) is 0.474. The fraction of sp³-hybridized carbons (Fsp3) is 0.267. The number of benzene rings is 1. The monoisotopic (exact) mass is 262 g/mol. The van der Waals surface area contributed by atoms with E-state index in [9.17, 15) is 4.79 Å². The summed E-state index contributed by atoms with van der Waals surface area (Å²) in [6.07, 6.45) is 0. The maximum atomic E-state index is 12.1. The molecule has 0 fully saturated rings. The molecule has 0 bridgehead atoms. The minimum absolute atomic E-state index is 0.00251. The second kappa shape index (κ2) is 4.62. The second-order valence-corrected chi connectivity index (χ2v) is 5.69. The Bertz CT molecular complexity index is 559. The predicted molar refractivity (Wildman–Crippen MR) is 72.9 cm³/mol. The Hall–Kier alpha value is -1.54. The second-order valence-electron chi connectivity index (χ2n) is 5.25. The zero-order valence-electron chi connectivity index (χ0n) is 10.7. The van der Waals surface area contributed by atoms with Gasteiger partial charge in [-0.1, -0.05) is 32.4 Å². The van der Waals surface area contributed by atoms with E-state index in [4.69, 9.17) is 16.0 Å². The highest BCUT2D eigenvalue weighted by atomic mass is 35.5. The number of furan rings is 1. The van der Waals surface area contributed by atoms with Gasteiger partial charge in [0.15, 0.2) is 5.76 Å². The molecule has 94 valence electrons. The summed E-state index contributed by atoms with van der Waals surface area (Å²) in [4.78, 5) is 12.1. The third-order valence-electron chi connectivity index (χ3n) is 2.64. The zero-order valence-corrected chi connectivity index (χ0v) is 11.4. The van der Waals surface area contributed by atoms with Crippen LogP contribution in [0.5, 0.6) is 0 Å². The van der Waals surface area contributed by atoms with Crippen LogP contribution in [0.15, 0.2) is 40.8 Å². The molecule has 1 aromatic carbocycles. The molecular weight excluding hydrogens is 248 g/mol. The number of ketones is 1. The van der Waals surface area contributed by atoms with Crippen LogP contribution in [0, 0.1) is 5.41 Å². The number of hydrogen-bond acceptors (Lipinski definition) is 2. The average molecular weight is 263 g/mol. The molecule has 0 amide bonds. The molecule has 0 radical (unpaired) electrons. The van der Waals surface area contributed by atoms with E-state index in [2.05, 4.69) is 0 Å². The summed E-state index contributed by atoms with van der Waals surface area (Å²) in [5, 5.41) is 0.677. The maximum absolute atomic E-state index is 12.1. The van der Waals surface area contributed by atoms with E-state index in [1.807, 2.05) is 39.0 Å². The minimum Gasteiger partial charge on any atom is -0.453 e. The van der Waals surface area contributed by atoms with Crippen LogP contribution in [0.4, 0.5) is 0 Å². The van der Waals surface area contributed by atoms with Crippen molar-refractivity contribution in [2.24, 2.45) is 5.41 Å². The number of carbonyl (C=O) groups excluding carboxylic acids is 1. The van der Waals surface area contributed by atoms with Crippen molar-refractivity contribution in [1.82, 2.24) is 0 Å². The van der Waals surface area contributed by atoms with Crippen LogP contribution < -0.4 is 0 Å². The normalized spacial score (nSPS) is 11.6. The van der Waals surface area contributed by atoms with Gasteiger partial charge < -0.3 is 4.42 Å². The smallest absolute Gasteiger partial charge is 0.203 e. The van der Waals surface area contributed by atoms with Crippen molar-refractivity contribution in [2.45, 2.75) is 20.8 Å². The third-order valence-corrected chi connectivity index (χ3v) is 2.89. The Labute approximate surface area is 112 Å². The fourth-order valence-electron chi connectivity index (χ4n) is 1.60. The van der Waals surface area contributed by atoms with E-state index in [-0.39, 0.29) is 5.78 Å². The lowest BCUT2D eigenvalue weighted by atomic mass is 9.89. The van der Waals surface area contributed by atoms with Crippen LogP contribution >= 0.6 is 11.6 Å². The zero-order chi connectivity index (χ0) is 13.3. The van der Waals surface area contributed by atoms with Crippen LogP contribution in [0.25, 0.3) is 11.3 Å². The number of hydrogen-bond donors (Lipinski definition) is 0. The van der Waals surface area contributed by atoms with E-state index in [1.165, 1.54) is 0 Å². The third kappa shape index (κ3) is 2.65. The summed E-state index contributed by atoms with van der Waals surface area (Å²) >= 11 is 5.83. The molecule has 1 aromatic heterocycles. The number of halogens is 1. The van der Waals surface area contributed by atoms with Gasteiger partial charge >= 0.3 is 0 Å². The van der Waals surface area contributed by atoms with Crippen molar-refractivity contribution in [1.29, 1.82) is 0 Å². The van der Waals surface area contributed by atoms with Crippen LogP contribution in [0.3, 0.4) is 0 Å². The van der Waals surface area contributed by atoms with Crippen LogP contribution in [-0.4, -0.2) is 5.78 Å². The van der Waals surface area contributed by atoms with Crippen LogP contribution in [-0.2, 0) is 0 Å². The van der Waals surface area contributed by atoms with E-state index in [1.54, 1.807) is 18.2 Å². The molecule has 18 heavy (non-hydrogen) atoms. The van der Waals surface area contributed by atoms with Crippen molar-refractivity contribution >= 4 is 17.4 Å². The molecule has 0 aliphatic rings. The molecule has 1 heterocycles. The number of carbonyl (C=O) groups is 1. The molecule has 0 saturated carbocycles. The fourth-order valence-corrected chi connectivity index (χ4v) is 1.72. The van der Waals surface area contributed by atoms with Gasteiger partial charge in [0.2, 0.25) is 5.78 Å². The highest BCUT2D eigenvalue weighted by Crippen LogP contribution is 2.27. The van der Waals surface area contributed by atoms with Crippen molar-refractivity contribution in [2.75, 3.05) is 0 Å². The predicted octanol–water partition coefficient (Wildman–Crippen LogP) is 4.83. The Morgan fingerprint density at radius 3 is 2.22 bits per heavy atom. The molecule has 0 aliphatic carbocycles. The van der Waals surface area contributed by atoms with Gasteiger partial charge in [-0.25, -0.2) is 0 Å². The minimum atomic E-state index is -0.435. The molecule has 2 rings (SSSR count). The van der Waals surface area contributed by atoms with Gasteiger partial charge in [0.25, 0.3) is 0 Å². The van der Waals surface area contributed by atoms with E-state index in [0.717, 1.165) is 5.56 Å². The Balaban J connectivity index is 2.31. The van der Waals surface area contributed by atoms with Gasteiger partial charge in [0.1, 0.15) is 5.76 Å². The first-order valence-corrected chi connectivity index (χ1v) is 6.16. The van der Waals surface area contributed by atoms with Crippen molar-refractivity contribution in [3.05, 3.63) is 47.2 Å². The highest BCUT2D eigenvalue weighted by Gasteiger charge is 2.25. The first kappa shape index (κ1) is 12.9. The van der Waals surface area contributed by atoms with Gasteiger partial charge in [0, 0.05) is 16.0 Å². The van der Waals surface area contributed by atoms with E-state index < -0.39 is 5.41 Å². The molecule has 0 aliphatic heterocycles. The largest absolute Gasteiger partial charge is 0.453 e. The molecule has 0 atom stereocenters. The van der Waals surface area contributed by atoms with E-state index >= 15 is 0 Å². The Kier molecular flexibility index (Phi) is 3.31. The standard InChI is InChI=1S/C15H15ClO2/c1-15(2,3)14(17)13-9-8-12(18-13)10-4-6-11(16)7-5-10/h4-9H,1-3H3. The van der Waals surface area contributed by atoms with Crippen molar-refractivity contribution < 1.29 is 9.21 Å². The first-order chi connectivity index (χ1) is 8.38. The molecule has 0 spiro atoms. The van der Waals surface area contributed by atoms with Gasteiger partial charge in [-0.3, -0.25) is 4.79 Å². The summed E-state index contributed by atoms with van der Waals surface area (Å²) in [6, 6.07) is 10.9. The van der Waals surface area contributed by atoms with Crippen LogP contribution in [0.2, 0.25) is 5.02 Å². The molecule has 2 aromatic rings. The van der Waals surface area contributed by atoms with Gasteiger partial charge in [-0.15, -0.1) is 0 Å². The lowest BCUT2D eigenvalue weighted by Gasteiger charge is -2.13. The van der Waals surface area contributed by atoms with Crippen molar-refractivity contribution in [3.8, 4) is 11.3 Å². The Morgan fingerprint density at radius 2 is 1.67 bits per heavy atom. The average Bonchev–Trinajstić information content (AvgIpc) is 2.77. The summed E-state index contributed by atoms with van der Waals surface area (Å²) in [7, 11) is 0. The quantitative estimate of drug-likeness (QED) is 0.726. The first-order valence-electron chi connectivity index (χ1n) is 5.78. The van der Waals surface area contributed by atoms with Crippen LogP contribution in [0.1, 0.15) is 31.3 Å². The highest BCUT2D eigenvalue weighted by molar-refractivity contribution is 6.30. The lowest BCUT2D eigenvalue weighted by Crippen LogP contribution is -2.19. The van der Waals surface area contributed by atoms with E-state index in [0.29, 0.717) is 16.5 Å². The van der Waals surface area contributed by atoms with Gasteiger partial charge in [-0.05, 0) is 36.4 Å². The molecule has 0 saturated heterocycles. The summed E-state index contributed by atoms with van der Waals surface area (Å²) < 4.78 is 5.61. The Morgan fingerprint density at radius 1 is 1.06 bits per heavy atom. The number of Topliss-reactive ketones (excluding diaryl/α,β-unsaturated/α-hetero) is 1. The summed E-state index contributed by atoms with van der Waals surface area (Å²) in [5.74, 6) is 1.08. The van der Waals surface area contributed by atoms with Gasteiger partial charge in [-0.2, -0.15) is 0 Å². The number of rotatable bonds is 2.